The van der Waals surface area contributed by atoms with Crippen LogP contribution in [0.1, 0.15) is 18.5 Å². The van der Waals surface area contributed by atoms with Gasteiger partial charge in [0.1, 0.15) is 11.5 Å². The van der Waals surface area contributed by atoms with Gasteiger partial charge in [-0.3, -0.25) is 0 Å². The Balaban J connectivity index is 1.35. The first kappa shape index (κ1) is 21.6. The van der Waals surface area contributed by atoms with E-state index >= 15 is 0 Å². The van der Waals surface area contributed by atoms with Gasteiger partial charge in [-0.1, -0.05) is 0 Å². The lowest BCUT2D eigenvalue weighted by atomic mass is 9.97. The molecule has 4 aromatic heterocycles. The second-order valence-electron chi connectivity index (χ2n) is 7.98. The number of halogens is 3. The van der Waals surface area contributed by atoms with Crippen molar-refractivity contribution in [3.05, 3.63) is 59.3 Å². The lowest BCUT2D eigenvalue weighted by Crippen LogP contribution is -2.36. The monoisotopic (exact) mass is 470 g/mol. The molecule has 1 aliphatic heterocycles. The fourth-order valence-corrected chi connectivity index (χ4v) is 4.73. The predicted molar refractivity (Wildman–Crippen MR) is 123 cm³/mol. The van der Waals surface area contributed by atoms with Gasteiger partial charge in [0.15, 0.2) is 0 Å². The van der Waals surface area contributed by atoms with Crippen molar-refractivity contribution >= 4 is 34.0 Å². The zero-order valence-electron chi connectivity index (χ0n) is 17.6. The molecule has 6 nitrogen and oxygen atoms in total. The van der Waals surface area contributed by atoms with Gasteiger partial charge in [-0.25, -0.2) is 19.9 Å². The van der Waals surface area contributed by atoms with Gasteiger partial charge in [0.05, 0.1) is 5.52 Å². The lowest BCUT2D eigenvalue weighted by molar-refractivity contribution is -0.140. The molecule has 0 saturated carbocycles. The third kappa shape index (κ3) is 4.61. The summed E-state index contributed by atoms with van der Waals surface area (Å²) in [7, 11) is 0. The number of alkyl halides is 3. The minimum Gasteiger partial charge on any atom is -0.369 e. The number of hydrogen-bond acceptors (Lipinski definition) is 7. The number of nitrogens with one attached hydrogen (secondary N) is 1. The van der Waals surface area contributed by atoms with Crippen LogP contribution < -0.4 is 10.2 Å². The van der Waals surface area contributed by atoms with Crippen LogP contribution in [0.25, 0.3) is 22.0 Å². The van der Waals surface area contributed by atoms with Gasteiger partial charge in [0.2, 0.25) is 5.95 Å². The summed E-state index contributed by atoms with van der Waals surface area (Å²) in [5.74, 6) is 1.71. The molecule has 0 radical (unpaired) electrons. The minimum absolute atomic E-state index is 0.303. The number of piperidine rings is 1. The number of aromatic nitrogens is 4. The number of thiophene rings is 1. The number of rotatable bonds is 5. The van der Waals surface area contributed by atoms with Crippen molar-refractivity contribution in [3.63, 3.8) is 0 Å². The molecule has 5 heterocycles. The van der Waals surface area contributed by atoms with E-state index in [1.54, 1.807) is 24.7 Å². The molecular formula is C23H21F3N6S. The number of hydrogen-bond donors (Lipinski definition) is 1. The van der Waals surface area contributed by atoms with Crippen LogP contribution in [0, 0.1) is 5.92 Å². The summed E-state index contributed by atoms with van der Waals surface area (Å²) in [6, 6.07) is 6.14. The first-order valence-electron chi connectivity index (χ1n) is 10.6. The zero-order valence-corrected chi connectivity index (χ0v) is 18.4. The molecule has 0 atom stereocenters. The van der Waals surface area contributed by atoms with Crippen molar-refractivity contribution in [2.24, 2.45) is 5.92 Å². The van der Waals surface area contributed by atoms with E-state index < -0.39 is 11.9 Å². The second kappa shape index (κ2) is 8.93. The quantitative estimate of drug-likeness (QED) is 0.416. The van der Waals surface area contributed by atoms with Crippen LogP contribution in [-0.4, -0.2) is 39.6 Å². The van der Waals surface area contributed by atoms with Crippen molar-refractivity contribution in [1.29, 1.82) is 0 Å². The van der Waals surface area contributed by atoms with E-state index in [1.165, 1.54) is 17.4 Å². The van der Waals surface area contributed by atoms with Gasteiger partial charge in [0.25, 0.3) is 0 Å². The van der Waals surface area contributed by atoms with Crippen LogP contribution in [0.3, 0.4) is 0 Å². The van der Waals surface area contributed by atoms with E-state index in [-0.39, 0.29) is 0 Å². The third-order valence-corrected chi connectivity index (χ3v) is 6.54. The highest BCUT2D eigenvalue weighted by molar-refractivity contribution is 7.08. The average molecular weight is 471 g/mol. The highest BCUT2D eigenvalue weighted by Crippen LogP contribution is 2.35. The number of anilines is 2. The molecule has 170 valence electrons. The van der Waals surface area contributed by atoms with E-state index in [0.717, 1.165) is 43.5 Å². The highest BCUT2D eigenvalue weighted by atomic mass is 32.1. The molecule has 10 heteroatoms. The maximum absolute atomic E-state index is 13.3. The molecule has 0 unspecified atom stereocenters. The normalized spacial score (nSPS) is 15.2. The summed E-state index contributed by atoms with van der Waals surface area (Å²) in [6.07, 6.45) is 2.51. The summed E-state index contributed by atoms with van der Waals surface area (Å²) in [5.41, 5.74) is 0.807. The van der Waals surface area contributed by atoms with E-state index in [2.05, 4.69) is 30.2 Å². The molecule has 33 heavy (non-hydrogen) atoms. The van der Waals surface area contributed by atoms with Gasteiger partial charge in [0, 0.05) is 49.2 Å². The Kier molecular flexibility index (Phi) is 5.84. The summed E-state index contributed by atoms with van der Waals surface area (Å²) in [6.45, 7) is 2.40. The van der Waals surface area contributed by atoms with Gasteiger partial charge < -0.3 is 10.2 Å². The summed E-state index contributed by atoms with van der Waals surface area (Å²) in [4.78, 5) is 19.3. The zero-order chi connectivity index (χ0) is 22.8. The number of pyridine rings is 2. The maximum Gasteiger partial charge on any atom is 0.433 e. The fourth-order valence-electron chi connectivity index (χ4n) is 4.08. The van der Waals surface area contributed by atoms with E-state index in [1.807, 2.05) is 16.8 Å². The first-order chi connectivity index (χ1) is 16.0. The Morgan fingerprint density at radius 3 is 2.55 bits per heavy atom. The topological polar surface area (TPSA) is 66.8 Å². The lowest BCUT2D eigenvalue weighted by Gasteiger charge is -2.32. The largest absolute Gasteiger partial charge is 0.433 e. The molecule has 0 bridgehead atoms. The first-order valence-corrected chi connectivity index (χ1v) is 11.6. The molecule has 4 aromatic rings. The molecule has 1 N–H and O–H groups in total. The summed E-state index contributed by atoms with van der Waals surface area (Å²) < 4.78 is 40.0. The van der Waals surface area contributed by atoms with E-state index in [9.17, 15) is 13.2 Å². The Morgan fingerprint density at radius 2 is 1.85 bits per heavy atom. The van der Waals surface area contributed by atoms with Crippen LogP contribution >= 0.6 is 11.3 Å². The van der Waals surface area contributed by atoms with Crippen molar-refractivity contribution in [1.82, 2.24) is 19.9 Å². The molecule has 1 aliphatic rings. The van der Waals surface area contributed by atoms with Crippen molar-refractivity contribution in [2.45, 2.75) is 19.0 Å². The van der Waals surface area contributed by atoms with Gasteiger partial charge in [-0.15, -0.1) is 0 Å². The van der Waals surface area contributed by atoms with Crippen molar-refractivity contribution in [3.8, 4) is 11.1 Å². The van der Waals surface area contributed by atoms with Crippen molar-refractivity contribution in [2.75, 3.05) is 29.9 Å². The second-order valence-corrected chi connectivity index (χ2v) is 8.76. The summed E-state index contributed by atoms with van der Waals surface area (Å²) >= 11 is 1.48. The van der Waals surface area contributed by atoms with Crippen LogP contribution in [-0.2, 0) is 6.18 Å². The van der Waals surface area contributed by atoms with Crippen LogP contribution in [0.4, 0.5) is 24.9 Å². The smallest absolute Gasteiger partial charge is 0.369 e. The average Bonchev–Trinajstić information content (AvgIpc) is 3.37. The Morgan fingerprint density at radius 1 is 1.06 bits per heavy atom. The maximum atomic E-state index is 13.3. The Hall–Kier alpha value is -3.27. The highest BCUT2D eigenvalue weighted by Gasteiger charge is 2.33. The standard InChI is InChI=1S/C23H21F3N6S/c24-23(25,26)19-3-2-17-20(31-19)18(16-6-11-33-14-16)13-30-21(17)29-12-15-4-9-32(10-5-15)22-27-7-1-8-28-22/h1-3,6-8,11,13-15H,4-5,9-10,12H2,(H,29,30). The van der Waals surface area contributed by atoms with Crippen LogP contribution in [0.2, 0.25) is 0 Å². The molecule has 0 amide bonds. The number of fused-ring (bicyclic) bond motifs is 1. The molecule has 1 fully saturated rings. The molecule has 0 spiro atoms. The number of nitrogens with zero attached hydrogens (tertiary/aromatic N) is 5. The Bertz CT molecular complexity index is 1220. The minimum atomic E-state index is -4.51. The van der Waals surface area contributed by atoms with Gasteiger partial charge >= 0.3 is 6.18 Å². The third-order valence-electron chi connectivity index (χ3n) is 5.86. The molecular weight excluding hydrogens is 449 g/mol. The predicted octanol–water partition coefficient (Wildman–Crippen LogP) is 5.50. The molecule has 5 rings (SSSR count). The van der Waals surface area contributed by atoms with Crippen molar-refractivity contribution < 1.29 is 13.2 Å². The molecule has 0 aromatic carbocycles. The van der Waals surface area contributed by atoms with E-state index in [0.29, 0.717) is 34.7 Å². The van der Waals surface area contributed by atoms with Gasteiger partial charge in [-0.2, -0.15) is 24.5 Å². The van der Waals surface area contributed by atoms with E-state index in [4.69, 9.17) is 0 Å². The molecule has 0 aliphatic carbocycles. The van der Waals surface area contributed by atoms with Crippen LogP contribution in [0.5, 0.6) is 0 Å². The fraction of sp³-hybridized carbons (Fsp3) is 0.304. The summed E-state index contributed by atoms with van der Waals surface area (Å²) in [5, 5.41) is 7.72. The SMILES string of the molecule is FC(F)(F)c1ccc2c(NCC3CCN(c4ncccn4)CC3)ncc(-c3ccsc3)c2n1. The van der Waals surface area contributed by atoms with Crippen LogP contribution in [0.15, 0.2) is 53.6 Å². The molecule has 1 saturated heterocycles. The van der Waals surface area contributed by atoms with Gasteiger partial charge in [-0.05, 0) is 59.3 Å². The Labute approximate surface area is 192 Å².